The van der Waals surface area contributed by atoms with Gasteiger partial charge in [0.05, 0.1) is 32.8 Å². The number of fused-ring (bicyclic) bond motifs is 1. The number of nitriles is 1. The largest absolute Gasteiger partial charge is 1.00 e. The SMILES string of the molecule is C[N+](C)(C)c1ccc(CNC(=O)c2cc3cc(F)ccc3n2Cc2cccc(C#N)c2)cc1.[I-]. The minimum absolute atomic E-state index is 0. The highest BCUT2D eigenvalue weighted by Crippen LogP contribution is 2.23. The molecule has 0 atom stereocenters. The lowest BCUT2D eigenvalue weighted by Crippen LogP contribution is -3.00. The van der Waals surface area contributed by atoms with Crippen molar-refractivity contribution in [3.05, 3.63) is 101 Å². The van der Waals surface area contributed by atoms with Gasteiger partial charge in [0.25, 0.3) is 5.91 Å². The third kappa shape index (κ3) is 5.64. The molecule has 0 saturated heterocycles. The van der Waals surface area contributed by atoms with E-state index >= 15 is 0 Å². The van der Waals surface area contributed by atoms with Crippen LogP contribution in [0.5, 0.6) is 0 Å². The van der Waals surface area contributed by atoms with E-state index in [-0.39, 0.29) is 35.7 Å². The second-order valence-corrected chi connectivity index (χ2v) is 8.99. The van der Waals surface area contributed by atoms with Crippen LogP contribution >= 0.6 is 0 Å². The summed E-state index contributed by atoms with van der Waals surface area (Å²) in [5, 5.41) is 12.9. The summed E-state index contributed by atoms with van der Waals surface area (Å²) >= 11 is 0. The van der Waals surface area contributed by atoms with E-state index in [1.165, 1.54) is 17.8 Å². The molecule has 34 heavy (non-hydrogen) atoms. The van der Waals surface area contributed by atoms with Gasteiger partial charge in [-0.3, -0.25) is 9.28 Å². The van der Waals surface area contributed by atoms with Crippen LogP contribution in [0.2, 0.25) is 0 Å². The molecule has 1 N–H and O–H groups in total. The topological polar surface area (TPSA) is 57.8 Å². The zero-order chi connectivity index (χ0) is 23.6. The number of aromatic nitrogens is 1. The lowest BCUT2D eigenvalue weighted by molar-refractivity contribution is -0.0000159. The van der Waals surface area contributed by atoms with Gasteiger partial charge < -0.3 is 33.9 Å². The predicted octanol–water partition coefficient (Wildman–Crippen LogP) is 1.83. The van der Waals surface area contributed by atoms with Gasteiger partial charge in [0.1, 0.15) is 17.2 Å². The Morgan fingerprint density at radius 1 is 1.00 bits per heavy atom. The summed E-state index contributed by atoms with van der Waals surface area (Å²) < 4.78 is 16.4. The van der Waals surface area contributed by atoms with Crippen molar-refractivity contribution in [3.63, 3.8) is 0 Å². The number of carbonyl (C=O) groups excluding carboxylic acids is 1. The Bertz CT molecular complexity index is 1360. The van der Waals surface area contributed by atoms with Crippen molar-refractivity contribution in [2.24, 2.45) is 0 Å². The van der Waals surface area contributed by atoms with Crippen LogP contribution in [-0.4, -0.2) is 31.6 Å². The smallest absolute Gasteiger partial charge is 0.268 e. The Morgan fingerprint density at radius 2 is 1.74 bits per heavy atom. The predicted molar refractivity (Wildman–Crippen MR) is 129 cm³/mol. The summed E-state index contributed by atoms with van der Waals surface area (Å²) in [6.07, 6.45) is 0. The fraction of sp³-hybridized carbons (Fsp3) is 0.185. The quantitative estimate of drug-likeness (QED) is 0.285. The minimum atomic E-state index is -0.351. The first-order valence-corrected chi connectivity index (χ1v) is 10.7. The zero-order valence-corrected chi connectivity index (χ0v) is 21.5. The Kier molecular flexibility index (Phi) is 7.75. The minimum Gasteiger partial charge on any atom is -1.00 e. The van der Waals surface area contributed by atoms with Gasteiger partial charge >= 0.3 is 0 Å². The molecule has 0 aliphatic heterocycles. The van der Waals surface area contributed by atoms with Crippen molar-refractivity contribution in [2.75, 3.05) is 21.1 Å². The highest BCUT2D eigenvalue weighted by molar-refractivity contribution is 5.98. The summed E-state index contributed by atoms with van der Waals surface area (Å²) in [7, 11) is 6.31. The number of carbonyl (C=O) groups is 1. The molecule has 0 radical (unpaired) electrons. The number of quaternary nitrogens is 1. The number of halogens is 2. The fourth-order valence-corrected chi connectivity index (χ4v) is 3.86. The molecule has 5 nitrogen and oxygen atoms in total. The van der Waals surface area contributed by atoms with Crippen LogP contribution < -0.4 is 33.8 Å². The summed E-state index contributed by atoms with van der Waals surface area (Å²) in [5.41, 5.74) is 4.82. The Hall–Kier alpha value is -3.22. The van der Waals surface area contributed by atoms with Crippen LogP contribution in [0.15, 0.2) is 72.8 Å². The van der Waals surface area contributed by atoms with Crippen molar-refractivity contribution in [3.8, 4) is 6.07 Å². The maximum atomic E-state index is 13.8. The van der Waals surface area contributed by atoms with Crippen molar-refractivity contribution >= 4 is 22.5 Å². The maximum Gasteiger partial charge on any atom is 0.268 e. The average molecular weight is 568 g/mol. The number of amides is 1. The first kappa shape index (κ1) is 25.4. The van der Waals surface area contributed by atoms with Gasteiger partial charge in [-0.25, -0.2) is 4.39 Å². The molecular weight excluding hydrogens is 542 g/mol. The van der Waals surface area contributed by atoms with Gasteiger partial charge in [0.2, 0.25) is 0 Å². The third-order valence-corrected chi connectivity index (χ3v) is 5.66. The van der Waals surface area contributed by atoms with Gasteiger partial charge in [0, 0.05) is 24.0 Å². The molecular formula is C27H26FIN4O. The van der Waals surface area contributed by atoms with Gasteiger partial charge in [-0.2, -0.15) is 5.26 Å². The Balaban J connectivity index is 0.00000324. The molecule has 1 amide bonds. The van der Waals surface area contributed by atoms with E-state index in [0.717, 1.165) is 21.1 Å². The summed E-state index contributed by atoms with van der Waals surface area (Å²) in [6, 6.07) is 23.8. The number of nitrogens with one attached hydrogen (secondary N) is 1. The highest BCUT2D eigenvalue weighted by Gasteiger charge is 2.17. The van der Waals surface area contributed by atoms with Crippen LogP contribution in [0.3, 0.4) is 0 Å². The van der Waals surface area contributed by atoms with E-state index in [1.807, 2.05) is 28.8 Å². The van der Waals surface area contributed by atoms with Crippen LogP contribution in [0.4, 0.5) is 10.1 Å². The molecule has 0 aliphatic carbocycles. The van der Waals surface area contributed by atoms with E-state index in [2.05, 4.69) is 44.7 Å². The second kappa shape index (κ2) is 10.4. The van der Waals surface area contributed by atoms with Crippen molar-refractivity contribution in [2.45, 2.75) is 13.1 Å². The van der Waals surface area contributed by atoms with Crippen LogP contribution in [-0.2, 0) is 13.1 Å². The molecule has 1 aromatic heterocycles. The molecule has 3 aromatic carbocycles. The zero-order valence-electron chi connectivity index (χ0n) is 19.3. The average Bonchev–Trinajstić information content (AvgIpc) is 3.14. The summed E-state index contributed by atoms with van der Waals surface area (Å²) in [4.78, 5) is 13.2. The molecule has 0 bridgehead atoms. The summed E-state index contributed by atoms with van der Waals surface area (Å²) in [6.45, 7) is 0.779. The van der Waals surface area contributed by atoms with E-state index in [4.69, 9.17) is 0 Å². The number of rotatable bonds is 6. The van der Waals surface area contributed by atoms with Crippen LogP contribution in [0.25, 0.3) is 10.9 Å². The van der Waals surface area contributed by atoms with Crippen molar-refractivity contribution in [1.29, 1.82) is 5.26 Å². The van der Waals surface area contributed by atoms with Gasteiger partial charge in [-0.1, -0.05) is 24.3 Å². The molecule has 0 fully saturated rings. The number of hydrogen-bond acceptors (Lipinski definition) is 2. The lowest BCUT2D eigenvalue weighted by Gasteiger charge is -2.23. The Morgan fingerprint density at radius 3 is 2.41 bits per heavy atom. The number of nitrogens with zero attached hydrogens (tertiary/aromatic N) is 3. The first-order chi connectivity index (χ1) is 15.7. The molecule has 0 spiro atoms. The van der Waals surface area contributed by atoms with Crippen molar-refractivity contribution < 1.29 is 33.2 Å². The van der Waals surface area contributed by atoms with E-state index in [1.54, 1.807) is 24.3 Å². The molecule has 1 heterocycles. The summed E-state index contributed by atoms with van der Waals surface area (Å²) in [5.74, 6) is -0.589. The van der Waals surface area contributed by atoms with Gasteiger partial charge in [-0.05, 0) is 59.7 Å². The maximum absolute atomic E-state index is 13.8. The lowest BCUT2D eigenvalue weighted by atomic mass is 10.1. The monoisotopic (exact) mass is 568 g/mol. The molecule has 4 rings (SSSR count). The Labute approximate surface area is 216 Å². The second-order valence-electron chi connectivity index (χ2n) is 8.99. The van der Waals surface area contributed by atoms with E-state index in [0.29, 0.717) is 29.7 Å². The number of hydrogen-bond donors (Lipinski definition) is 1. The van der Waals surface area contributed by atoms with E-state index < -0.39 is 0 Å². The molecule has 0 unspecified atom stereocenters. The van der Waals surface area contributed by atoms with Crippen LogP contribution in [0, 0.1) is 17.1 Å². The third-order valence-electron chi connectivity index (χ3n) is 5.66. The van der Waals surface area contributed by atoms with Gasteiger partial charge in [-0.15, -0.1) is 0 Å². The molecule has 7 heteroatoms. The van der Waals surface area contributed by atoms with Crippen LogP contribution in [0.1, 0.15) is 27.2 Å². The molecule has 174 valence electrons. The first-order valence-electron chi connectivity index (χ1n) is 10.7. The van der Waals surface area contributed by atoms with Crippen molar-refractivity contribution in [1.82, 2.24) is 14.4 Å². The normalized spacial score (nSPS) is 11.0. The molecule has 0 aliphatic rings. The standard InChI is InChI=1S/C27H25FN4O.HI/c1-32(2,3)24-10-7-19(8-11-24)17-30-27(33)26-15-22-14-23(28)9-12-25(22)31(26)18-21-6-4-5-20(13-21)16-29;/h4-15H,17-18H2,1-3H3;1H. The number of benzene rings is 3. The molecule has 4 aromatic rings. The molecule has 0 saturated carbocycles. The van der Waals surface area contributed by atoms with E-state index in [9.17, 15) is 14.4 Å². The fourth-order valence-electron chi connectivity index (χ4n) is 3.86. The van der Waals surface area contributed by atoms with Gasteiger partial charge in [0.15, 0.2) is 0 Å². The highest BCUT2D eigenvalue weighted by atomic mass is 127.